The minimum absolute atomic E-state index is 0.0731. The Kier molecular flexibility index (Phi) is 5.44. The van der Waals surface area contributed by atoms with Crippen molar-refractivity contribution in [3.63, 3.8) is 0 Å². The Morgan fingerprint density at radius 1 is 1.29 bits per heavy atom. The van der Waals surface area contributed by atoms with E-state index < -0.39 is 6.03 Å². The Bertz CT molecular complexity index is 515. The third-order valence-electron chi connectivity index (χ3n) is 3.80. The summed E-state index contributed by atoms with van der Waals surface area (Å²) in [6.07, 6.45) is 4.24. The quantitative estimate of drug-likeness (QED) is 0.875. The van der Waals surface area contributed by atoms with Gasteiger partial charge in [0.05, 0.1) is 6.54 Å². The van der Waals surface area contributed by atoms with Crippen LogP contribution in [0.4, 0.5) is 4.79 Å². The maximum Gasteiger partial charge on any atom is 0.312 e. The van der Waals surface area contributed by atoms with Crippen LogP contribution in [0.25, 0.3) is 0 Å². The Hall–Kier alpha value is -1.75. The molecule has 1 aromatic rings. The predicted octanol–water partition coefficient (Wildman–Crippen LogP) is 2.28. The molecule has 1 aliphatic rings. The molecule has 1 aliphatic carbocycles. The van der Waals surface area contributed by atoms with Gasteiger partial charge in [-0.3, -0.25) is 4.79 Å². The van der Waals surface area contributed by atoms with Crippen LogP contribution < -0.4 is 11.1 Å². The van der Waals surface area contributed by atoms with Crippen LogP contribution in [0.15, 0.2) is 24.3 Å². The van der Waals surface area contributed by atoms with Crippen LogP contribution in [0, 0.1) is 0 Å². The topological polar surface area (TPSA) is 75.4 Å². The molecule has 0 aliphatic heterocycles. The zero-order valence-corrected chi connectivity index (χ0v) is 12.6. The lowest BCUT2D eigenvalue weighted by atomic mass is 10.1. The van der Waals surface area contributed by atoms with E-state index in [1.165, 1.54) is 0 Å². The number of urea groups is 1. The normalized spacial score (nSPS) is 14.9. The summed E-state index contributed by atoms with van der Waals surface area (Å²) in [7, 11) is 0. The molecule has 0 saturated heterocycles. The van der Waals surface area contributed by atoms with E-state index in [2.05, 4.69) is 5.32 Å². The van der Waals surface area contributed by atoms with Crippen molar-refractivity contribution in [3.05, 3.63) is 34.9 Å². The number of carbonyl (C=O) groups is 2. The van der Waals surface area contributed by atoms with E-state index in [1.807, 2.05) is 29.2 Å². The molecule has 1 fully saturated rings. The fraction of sp³-hybridized carbons (Fsp3) is 0.467. The molecule has 0 atom stereocenters. The summed E-state index contributed by atoms with van der Waals surface area (Å²) in [5, 5.41) is 3.01. The average molecular weight is 310 g/mol. The second kappa shape index (κ2) is 7.31. The van der Waals surface area contributed by atoms with Gasteiger partial charge in [-0.1, -0.05) is 42.6 Å². The first kappa shape index (κ1) is 15.6. The number of carbonyl (C=O) groups excluding carboxylic acids is 2. The van der Waals surface area contributed by atoms with Crippen molar-refractivity contribution in [3.8, 4) is 0 Å². The number of nitrogens with two attached hydrogens (primary N) is 1. The molecule has 0 radical (unpaired) electrons. The monoisotopic (exact) mass is 309 g/mol. The van der Waals surface area contributed by atoms with Crippen molar-refractivity contribution in [1.29, 1.82) is 0 Å². The van der Waals surface area contributed by atoms with Gasteiger partial charge in [0.25, 0.3) is 0 Å². The molecular formula is C15H20ClN3O2. The molecule has 5 nitrogen and oxygen atoms in total. The SMILES string of the molecule is NC(=O)NCC(=O)N(Cc1ccccc1Cl)C1CCCC1. The highest BCUT2D eigenvalue weighted by Crippen LogP contribution is 2.26. The van der Waals surface area contributed by atoms with E-state index in [9.17, 15) is 9.59 Å². The van der Waals surface area contributed by atoms with Gasteiger partial charge in [-0.2, -0.15) is 0 Å². The van der Waals surface area contributed by atoms with E-state index >= 15 is 0 Å². The van der Waals surface area contributed by atoms with Crippen LogP contribution in [0.3, 0.4) is 0 Å². The molecule has 0 bridgehead atoms. The molecule has 6 heteroatoms. The van der Waals surface area contributed by atoms with Crippen LogP contribution in [-0.4, -0.2) is 29.4 Å². The third kappa shape index (κ3) is 4.36. The maximum absolute atomic E-state index is 12.4. The smallest absolute Gasteiger partial charge is 0.312 e. The van der Waals surface area contributed by atoms with Gasteiger partial charge in [-0.15, -0.1) is 0 Å². The number of halogens is 1. The van der Waals surface area contributed by atoms with Crippen LogP contribution >= 0.6 is 11.6 Å². The molecule has 114 valence electrons. The summed E-state index contributed by atoms with van der Waals surface area (Å²) in [6, 6.07) is 7.02. The van der Waals surface area contributed by atoms with Gasteiger partial charge < -0.3 is 16.0 Å². The van der Waals surface area contributed by atoms with Gasteiger partial charge in [-0.25, -0.2) is 4.79 Å². The van der Waals surface area contributed by atoms with Gasteiger partial charge in [0.2, 0.25) is 5.91 Å². The summed E-state index contributed by atoms with van der Waals surface area (Å²) < 4.78 is 0. The fourth-order valence-corrected chi connectivity index (χ4v) is 2.91. The van der Waals surface area contributed by atoms with E-state index in [0.717, 1.165) is 31.2 Å². The zero-order valence-electron chi connectivity index (χ0n) is 11.8. The molecule has 0 heterocycles. The summed E-state index contributed by atoms with van der Waals surface area (Å²) in [5.41, 5.74) is 5.94. The van der Waals surface area contributed by atoms with Crippen molar-refractivity contribution in [1.82, 2.24) is 10.2 Å². The number of amides is 3. The molecule has 0 aromatic heterocycles. The Morgan fingerprint density at radius 2 is 1.95 bits per heavy atom. The second-order valence-electron chi connectivity index (χ2n) is 5.27. The molecule has 1 aromatic carbocycles. The molecule has 2 rings (SSSR count). The molecule has 3 amide bonds. The van der Waals surface area contributed by atoms with Gasteiger partial charge in [0.15, 0.2) is 0 Å². The van der Waals surface area contributed by atoms with Crippen LogP contribution in [0.1, 0.15) is 31.2 Å². The molecule has 0 unspecified atom stereocenters. The lowest BCUT2D eigenvalue weighted by Gasteiger charge is -2.29. The number of hydrogen-bond donors (Lipinski definition) is 2. The number of nitrogens with zero attached hydrogens (tertiary/aromatic N) is 1. The summed E-state index contributed by atoms with van der Waals surface area (Å²) in [4.78, 5) is 25.0. The van der Waals surface area contributed by atoms with Crippen molar-refractivity contribution in [2.24, 2.45) is 5.73 Å². The van der Waals surface area contributed by atoms with Crippen LogP contribution in [0.5, 0.6) is 0 Å². The lowest BCUT2D eigenvalue weighted by molar-refractivity contribution is -0.133. The first-order chi connectivity index (χ1) is 10.1. The number of hydrogen-bond acceptors (Lipinski definition) is 2. The maximum atomic E-state index is 12.4. The van der Waals surface area contributed by atoms with Gasteiger partial charge >= 0.3 is 6.03 Å². The highest BCUT2D eigenvalue weighted by molar-refractivity contribution is 6.31. The van der Waals surface area contributed by atoms with Gasteiger partial charge in [0.1, 0.15) is 0 Å². The molecular weight excluding hydrogens is 290 g/mol. The lowest BCUT2D eigenvalue weighted by Crippen LogP contribution is -2.45. The van der Waals surface area contributed by atoms with E-state index in [1.54, 1.807) is 0 Å². The average Bonchev–Trinajstić information content (AvgIpc) is 2.97. The zero-order chi connectivity index (χ0) is 15.2. The Balaban J connectivity index is 2.10. The standard InChI is InChI=1S/C15H20ClN3O2/c16-13-8-4-1-5-11(13)10-19(12-6-2-3-7-12)14(20)9-18-15(17)21/h1,4-5,8,12H,2-3,6-7,9-10H2,(H3,17,18,21). The first-order valence-corrected chi connectivity index (χ1v) is 7.52. The summed E-state index contributed by atoms with van der Waals surface area (Å²) >= 11 is 6.18. The number of benzene rings is 1. The third-order valence-corrected chi connectivity index (χ3v) is 4.17. The summed E-state index contributed by atoms with van der Waals surface area (Å²) in [6.45, 7) is 0.389. The van der Waals surface area contributed by atoms with Crippen molar-refractivity contribution >= 4 is 23.5 Å². The minimum atomic E-state index is -0.688. The van der Waals surface area contributed by atoms with Gasteiger partial charge in [0, 0.05) is 17.6 Å². The number of rotatable bonds is 5. The molecule has 3 N–H and O–H groups in total. The Labute approximate surface area is 129 Å². The highest BCUT2D eigenvalue weighted by Gasteiger charge is 2.27. The highest BCUT2D eigenvalue weighted by atomic mass is 35.5. The molecule has 21 heavy (non-hydrogen) atoms. The second-order valence-corrected chi connectivity index (χ2v) is 5.68. The number of nitrogens with one attached hydrogen (secondary N) is 1. The van der Waals surface area contributed by atoms with E-state index in [4.69, 9.17) is 17.3 Å². The first-order valence-electron chi connectivity index (χ1n) is 7.14. The van der Waals surface area contributed by atoms with Gasteiger partial charge in [-0.05, 0) is 24.5 Å². The Morgan fingerprint density at radius 3 is 2.57 bits per heavy atom. The summed E-state index contributed by atoms with van der Waals surface area (Å²) in [5.74, 6) is -0.124. The fourth-order valence-electron chi connectivity index (χ4n) is 2.71. The minimum Gasteiger partial charge on any atom is -0.352 e. The van der Waals surface area contributed by atoms with Crippen LogP contribution in [0.2, 0.25) is 5.02 Å². The predicted molar refractivity (Wildman–Crippen MR) is 81.8 cm³/mol. The van der Waals surface area contributed by atoms with Crippen molar-refractivity contribution < 1.29 is 9.59 Å². The van der Waals surface area contributed by atoms with Crippen molar-refractivity contribution in [2.45, 2.75) is 38.3 Å². The molecule has 1 saturated carbocycles. The van der Waals surface area contributed by atoms with Crippen LogP contribution in [-0.2, 0) is 11.3 Å². The van der Waals surface area contributed by atoms with E-state index in [-0.39, 0.29) is 18.5 Å². The van der Waals surface area contributed by atoms with Crippen molar-refractivity contribution in [2.75, 3.05) is 6.54 Å². The molecule has 0 spiro atoms. The number of primary amides is 1. The largest absolute Gasteiger partial charge is 0.352 e. The van der Waals surface area contributed by atoms with E-state index in [0.29, 0.717) is 11.6 Å².